The van der Waals surface area contributed by atoms with Crippen molar-refractivity contribution in [2.75, 3.05) is 0 Å². The van der Waals surface area contributed by atoms with Gasteiger partial charge in [0.05, 0.1) is 0 Å². The highest BCUT2D eigenvalue weighted by atomic mass is 16.2. The summed E-state index contributed by atoms with van der Waals surface area (Å²) in [6, 6.07) is 26.2. The molecule has 3 aromatic rings. The Balaban J connectivity index is 1.89. The first-order valence-electron chi connectivity index (χ1n) is 13.9. The van der Waals surface area contributed by atoms with Crippen LogP contribution in [0.5, 0.6) is 0 Å². The Morgan fingerprint density at radius 2 is 1.53 bits per heavy atom. The first kappa shape index (κ1) is 29.2. The van der Waals surface area contributed by atoms with Gasteiger partial charge in [0, 0.05) is 25.4 Å². The summed E-state index contributed by atoms with van der Waals surface area (Å²) in [7, 11) is 0. The van der Waals surface area contributed by atoms with Gasteiger partial charge in [-0.3, -0.25) is 9.59 Å². The normalized spacial score (nSPS) is 13.0. The van der Waals surface area contributed by atoms with E-state index in [1.807, 2.05) is 62.4 Å². The molecule has 2 unspecified atom stereocenters. The predicted octanol–water partition coefficient (Wildman–Crippen LogP) is 6.78. The van der Waals surface area contributed by atoms with E-state index < -0.39 is 6.04 Å². The van der Waals surface area contributed by atoms with Crippen LogP contribution in [0.3, 0.4) is 0 Å². The molecule has 0 heterocycles. The smallest absolute Gasteiger partial charge is 0.243 e. The van der Waals surface area contributed by atoms with Crippen molar-refractivity contribution in [1.82, 2.24) is 10.2 Å². The zero-order valence-corrected chi connectivity index (χ0v) is 24.0. The molecule has 0 radical (unpaired) electrons. The molecule has 0 aliphatic carbocycles. The van der Waals surface area contributed by atoms with Crippen LogP contribution in [-0.2, 0) is 34.4 Å². The van der Waals surface area contributed by atoms with E-state index in [2.05, 4.69) is 63.3 Å². The molecule has 0 bridgehead atoms. The Hall–Kier alpha value is -3.40. The minimum Gasteiger partial charge on any atom is -0.352 e. The number of benzene rings is 3. The molecule has 0 saturated carbocycles. The van der Waals surface area contributed by atoms with Crippen LogP contribution in [0.15, 0.2) is 78.9 Å². The third-order valence-electron chi connectivity index (χ3n) is 7.16. The van der Waals surface area contributed by atoms with E-state index in [4.69, 9.17) is 0 Å². The highest BCUT2D eigenvalue weighted by Gasteiger charge is 2.30. The molecule has 1 N–H and O–H groups in total. The number of amides is 2. The van der Waals surface area contributed by atoms with Gasteiger partial charge in [0.1, 0.15) is 6.04 Å². The van der Waals surface area contributed by atoms with Crippen LogP contribution in [0, 0.1) is 6.92 Å². The summed E-state index contributed by atoms with van der Waals surface area (Å²) in [5.74, 6) is -0.106. The van der Waals surface area contributed by atoms with Crippen molar-refractivity contribution in [3.8, 4) is 0 Å². The third kappa shape index (κ3) is 8.58. The second-order valence-electron chi connectivity index (χ2n) is 11.5. The van der Waals surface area contributed by atoms with Gasteiger partial charge in [-0.25, -0.2) is 0 Å². The molecule has 0 aromatic heterocycles. The molecule has 0 saturated heterocycles. The van der Waals surface area contributed by atoms with Crippen LogP contribution in [0.25, 0.3) is 0 Å². The zero-order chi connectivity index (χ0) is 27.7. The summed E-state index contributed by atoms with van der Waals surface area (Å²) in [4.78, 5) is 29.3. The lowest BCUT2D eigenvalue weighted by atomic mass is 9.86. The highest BCUT2D eigenvalue weighted by molar-refractivity contribution is 5.88. The van der Waals surface area contributed by atoms with Gasteiger partial charge >= 0.3 is 0 Å². The van der Waals surface area contributed by atoms with Crippen molar-refractivity contribution in [3.63, 3.8) is 0 Å². The summed E-state index contributed by atoms with van der Waals surface area (Å²) < 4.78 is 0. The van der Waals surface area contributed by atoms with Gasteiger partial charge in [0.2, 0.25) is 11.8 Å². The number of aryl methyl sites for hydroxylation is 2. The number of hydrogen-bond acceptors (Lipinski definition) is 2. The van der Waals surface area contributed by atoms with Crippen molar-refractivity contribution in [2.24, 2.45) is 0 Å². The predicted molar refractivity (Wildman–Crippen MR) is 157 cm³/mol. The maximum Gasteiger partial charge on any atom is 0.243 e. The minimum absolute atomic E-state index is 0.00774. The zero-order valence-electron chi connectivity index (χ0n) is 24.0. The van der Waals surface area contributed by atoms with Crippen molar-refractivity contribution in [1.29, 1.82) is 0 Å². The number of carbonyl (C=O) groups excluding carboxylic acids is 2. The molecule has 0 spiro atoms. The Morgan fingerprint density at radius 3 is 2.13 bits per heavy atom. The van der Waals surface area contributed by atoms with Gasteiger partial charge in [-0.1, -0.05) is 112 Å². The van der Waals surface area contributed by atoms with Gasteiger partial charge < -0.3 is 10.2 Å². The van der Waals surface area contributed by atoms with Gasteiger partial charge in [-0.2, -0.15) is 0 Å². The number of carbonyl (C=O) groups is 2. The second kappa shape index (κ2) is 13.4. The molecule has 3 rings (SSSR count). The fraction of sp³-hybridized carbons (Fsp3) is 0.412. The van der Waals surface area contributed by atoms with E-state index >= 15 is 0 Å². The number of hydrogen-bond donors (Lipinski definition) is 1. The van der Waals surface area contributed by atoms with Crippen LogP contribution in [0.1, 0.15) is 75.3 Å². The SMILES string of the molecule is CCC(C)NC(=O)C(Cc1ccccc1)N(Cc1cccc(C)c1)C(=O)CCc1ccc(C(C)(C)C)cc1. The third-order valence-corrected chi connectivity index (χ3v) is 7.16. The quantitative estimate of drug-likeness (QED) is 0.308. The van der Waals surface area contributed by atoms with Crippen LogP contribution in [-0.4, -0.2) is 28.8 Å². The van der Waals surface area contributed by atoms with E-state index in [-0.39, 0.29) is 23.3 Å². The number of rotatable bonds is 11. The van der Waals surface area contributed by atoms with Crippen molar-refractivity contribution in [3.05, 3.63) is 107 Å². The van der Waals surface area contributed by atoms with Crippen molar-refractivity contribution >= 4 is 11.8 Å². The monoisotopic (exact) mass is 512 g/mol. The van der Waals surface area contributed by atoms with Crippen LogP contribution < -0.4 is 5.32 Å². The molecule has 38 heavy (non-hydrogen) atoms. The van der Waals surface area contributed by atoms with Crippen molar-refractivity contribution < 1.29 is 9.59 Å². The Morgan fingerprint density at radius 1 is 0.868 bits per heavy atom. The lowest BCUT2D eigenvalue weighted by Gasteiger charge is -2.32. The molecule has 0 aliphatic heterocycles. The second-order valence-corrected chi connectivity index (χ2v) is 11.5. The molecule has 4 nitrogen and oxygen atoms in total. The topological polar surface area (TPSA) is 49.4 Å². The average Bonchev–Trinajstić information content (AvgIpc) is 2.89. The Kier molecular flexibility index (Phi) is 10.3. The maximum absolute atomic E-state index is 13.9. The lowest BCUT2D eigenvalue weighted by molar-refractivity contribution is -0.141. The fourth-order valence-corrected chi connectivity index (χ4v) is 4.57. The molecular formula is C34H44N2O2. The van der Waals surface area contributed by atoms with Crippen LogP contribution >= 0.6 is 0 Å². The van der Waals surface area contributed by atoms with Gasteiger partial charge in [-0.05, 0) is 54.4 Å². The van der Waals surface area contributed by atoms with E-state index in [0.29, 0.717) is 25.8 Å². The van der Waals surface area contributed by atoms with Gasteiger partial charge in [-0.15, -0.1) is 0 Å². The van der Waals surface area contributed by atoms with Gasteiger partial charge in [0.25, 0.3) is 0 Å². The first-order chi connectivity index (χ1) is 18.1. The fourth-order valence-electron chi connectivity index (χ4n) is 4.57. The molecule has 2 atom stereocenters. The molecule has 3 aromatic carbocycles. The van der Waals surface area contributed by atoms with E-state index in [9.17, 15) is 9.59 Å². The maximum atomic E-state index is 13.9. The molecule has 0 aliphatic rings. The summed E-state index contributed by atoms with van der Waals surface area (Å²) in [5.41, 5.74) is 5.70. The van der Waals surface area contributed by atoms with E-state index in [1.54, 1.807) is 4.90 Å². The number of nitrogens with one attached hydrogen (secondary N) is 1. The Labute approximate surface area is 229 Å². The first-order valence-corrected chi connectivity index (χ1v) is 13.9. The van der Waals surface area contributed by atoms with Gasteiger partial charge in [0.15, 0.2) is 0 Å². The number of nitrogens with zero attached hydrogens (tertiary/aromatic N) is 1. The van der Waals surface area contributed by atoms with Crippen LogP contribution in [0.2, 0.25) is 0 Å². The molecule has 2 amide bonds. The summed E-state index contributed by atoms with van der Waals surface area (Å²) in [6.45, 7) is 13.1. The van der Waals surface area contributed by atoms with E-state index in [1.165, 1.54) is 5.56 Å². The lowest BCUT2D eigenvalue weighted by Crippen LogP contribution is -2.52. The summed E-state index contributed by atoms with van der Waals surface area (Å²) in [6.07, 6.45) is 2.29. The van der Waals surface area contributed by atoms with Crippen LogP contribution in [0.4, 0.5) is 0 Å². The Bertz CT molecular complexity index is 1180. The standard InChI is InChI=1S/C34H44N2O2/c1-7-26(3)35-33(38)31(23-28-13-9-8-10-14-28)36(24-29-15-11-12-25(2)22-29)32(37)21-18-27-16-19-30(20-17-27)34(4,5)6/h8-17,19-20,22,26,31H,7,18,21,23-24H2,1-6H3,(H,35,38). The molecule has 202 valence electrons. The highest BCUT2D eigenvalue weighted by Crippen LogP contribution is 2.23. The van der Waals surface area contributed by atoms with E-state index in [0.717, 1.165) is 28.7 Å². The summed E-state index contributed by atoms with van der Waals surface area (Å²) >= 11 is 0. The average molecular weight is 513 g/mol. The molecule has 0 fully saturated rings. The minimum atomic E-state index is -0.595. The summed E-state index contributed by atoms with van der Waals surface area (Å²) in [5, 5.41) is 3.14. The molecule has 4 heteroatoms. The van der Waals surface area contributed by atoms with Crippen molar-refractivity contribution in [2.45, 2.75) is 91.3 Å². The molecular weight excluding hydrogens is 468 g/mol. The largest absolute Gasteiger partial charge is 0.352 e.